The second-order valence-corrected chi connectivity index (χ2v) is 5.80. The van der Waals surface area contributed by atoms with Crippen molar-refractivity contribution >= 4 is 34.6 Å². The van der Waals surface area contributed by atoms with Crippen LogP contribution < -0.4 is 5.43 Å². The van der Waals surface area contributed by atoms with Gasteiger partial charge in [0.1, 0.15) is 0 Å². The minimum atomic E-state index is -0.247. The Kier molecular flexibility index (Phi) is 5.26. The van der Waals surface area contributed by atoms with E-state index in [9.17, 15) is 4.79 Å². The second-order valence-electron chi connectivity index (χ2n) is 4.09. The van der Waals surface area contributed by atoms with Gasteiger partial charge in [0, 0.05) is 18.0 Å². The average Bonchev–Trinajstić information content (AvgIpc) is 2.90. The molecule has 0 radical (unpaired) electrons. The molecule has 1 amide bonds. The van der Waals surface area contributed by atoms with Crippen LogP contribution in [0.4, 0.5) is 0 Å². The number of rotatable bonds is 5. The Labute approximate surface area is 126 Å². The molecule has 0 aliphatic heterocycles. The topological polar surface area (TPSA) is 54.4 Å². The highest BCUT2D eigenvalue weighted by atomic mass is 35.5. The molecule has 0 saturated heterocycles. The molecule has 2 aromatic rings. The van der Waals surface area contributed by atoms with Gasteiger partial charge in [-0.1, -0.05) is 24.9 Å². The van der Waals surface area contributed by atoms with Crippen LogP contribution in [0.25, 0.3) is 0 Å². The first-order valence-electron chi connectivity index (χ1n) is 6.23. The number of aromatic nitrogens is 1. The van der Waals surface area contributed by atoms with E-state index in [1.165, 1.54) is 11.3 Å². The Morgan fingerprint density at radius 3 is 2.70 bits per heavy atom. The van der Waals surface area contributed by atoms with Gasteiger partial charge in [0.05, 0.1) is 14.9 Å². The molecule has 2 heterocycles. The van der Waals surface area contributed by atoms with Gasteiger partial charge in [-0.2, -0.15) is 5.10 Å². The summed E-state index contributed by atoms with van der Waals surface area (Å²) >= 11 is 7.39. The summed E-state index contributed by atoms with van der Waals surface area (Å²) in [4.78, 5) is 16.8. The lowest BCUT2D eigenvalue weighted by Crippen LogP contribution is -2.19. The summed E-state index contributed by atoms with van der Waals surface area (Å²) in [6, 6.07) is 7.04. The molecular weight excluding hydrogens is 294 g/mol. The third kappa shape index (κ3) is 3.88. The van der Waals surface area contributed by atoms with Crippen molar-refractivity contribution in [3.05, 3.63) is 51.4 Å². The molecule has 0 aromatic carbocycles. The highest BCUT2D eigenvalue weighted by molar-refractivity contribution is 7.18. The quantitative estimate of drug-likeness (QED) is 0.676. The molecule has 0 aliphatic rings. The van der Waals surface area contributed by atoms with Crippen molar-refractivity contribution in [3.63, 3.8) is 0 Å². The lowest BCUT2D eigenvalue weighted by molar-refractivity contribution is 0.0954. The van der Waals surface area contributed by atoms with Crippen molar-refractivity contribution in [1.82, 2.24) is 10.4 Å². The molecule has 104 valence electrons. The van der Waals surface area contributed by atoms with E-state index in [1.807, 2.05) is 12.1 Å². The number of hydrogen-bond donors (Lipinski definition) is 1. The molecule has 2 aromatic heterocycles. The smallest absolute Gasteiger partial charge is 0.267 e. The van der Waals surface area contributed by atoms with Gasteiger partial charge < -0.3 is 0 Å². The predicted molar refractivity (Wildman–Crippen MR) is 82.5 cm³/mol. The number of nitrogens with one attached hydrogen (secondary N) is 1. The lowest BCUT2D eigenvalue weighted by Gasteiger charge is -2.04. The molecule has 4 nitrogen and oxygen atoms in total. The van der Waals surface area contributed by atoms with Crippen LogP contribution in [0.5, 0.6) is 0 Å². The molecule has 1 N–H and O–H groups in total. The molecule has 0 spiro atoms. The van der Waals surface area contributed by atoms with Crippen molar-refractivity contribution in [1.29, 1.82) is 0 Å². The minimum Gasteiger partial charge on any atom is -0.267 e. The van der Waals surface area contributed by atoms with Crippen LogP contribution in [-0.4, -0.2) is 16.6 Å². The molecule has 0 bridgehead atoms. The van der Waals surface area contributed by atoms with Crippen LogP contribution in [0.3, 0.4) is 0 Å². The summed E-state index contributed by atoms with van der Waals surface area (Å²) in [5.74, 6) is -0.247. The Morgan fingerprint density at radius 2 is 2.10 bits per heavy atom. The predicted octanol–water partition coefficient (Wildman–Crippen LogP) is 3.73. The minimum absolute atomic E-state index is 0.247. The summed E-state index contributed by atoms with van der Waals surface area (Å²) in [6.07, 6.45) is 4.88. The van der Waals surface area contributed by atoms with E-state index in [-0.39, 0.29) is 5.91 Å². The van der Waals surface area contributed by atoms with Crippen LogP contribution in [0.15, 0.2) is 41.8 Å². The Bertz CT molecular complexity index is 610. The summed E-state index contributed by atoms with van der Waals surface area (Å²) in [5, 5.41) is 4.22. The second kappa shape index (κ2) is 7.17. The van der Waals surface area contributed by atoms with E-state index < -0.39 is 0 Å². The zero-order valence-electron chi connectivity index (χ0n) is 11.0. The number of thiophene rings is 1. The van der Waals surface area contributed by atoms with Gasteiger partial charge >= 0.3 is 0 Å². The standard InChI is InChI=1S/C14H14ClN3OS/c1-2-3-11(12-4-5-13(15)20-12)17-18-14(19)10-6-8-16-9-7-10/h4-9H,2-3H2,1H3,(H,18,19)/b17-11+. The molecule has 20 heavy (non-hydrogen) atoms. The maximum atomic E-state index is 11.9. The summed E-state index contributed by atoms with van der Waals surface area (Å²) in [5.41, 5.74) is 3.95. The molecule has 0 atom stereocenters. The third-order valence-corrected chi connectivity index (χ3v) is 3.86. The Balaban J connectivity index is 2.12. The molecule has 6 heteroatoms. The van der Waals surface area contributed by atoms with Gasteiger partial charge in [0.25, 0.3) is 5.91 Å². The van der Waals surface area contributed by atoms with Crippen molar-refractivity contribution in [2.45, 2.75) is 19.8 Å². The van der Waals surface area contributed by atoms with Crippen molar-refractivity contribution < 1.29 is 4.79 Å². The van der Waals surface area contributed by atoms with Crippen LogP contribution in [0.1, 0.15) is 35.0 Å². The number of carbonyl (C=O) groups is 1. The largest absolute Gasteiger partial charge is 0.271 e. The maximum absolute atomic E-state index is 11.9. The van der Waals surface area contributed by atoms with E-state index in [0.29, 0.717) is 9.90 Å². The van der Waals surface area contributed by atoms with E-state index in [2.05, 4.69) is 22.4 Å². The fraction of sp³-hybridized carbons (Fsp3) is 0.214. The zero-order valence-corrected chi connectivity index (χ0v) is 12.5. The monoisotopic (exact) mass is 307 g/mol. The SMILES string of the molecule is CCC/C(=N\NC(=O)c1ccncc1)c1ccc(Cl)s1. The van der Waals surface area contributed by atoms with E-state index >= 15 is 0 Å². The van der Waals surface area contributed by atoms with Gasteiger partial charge in [0.2, 0.25) is 0 Å². The van der Waals surface area contributed by atoms with E-state index in [4.69, 9.17) is 11.6 Å². The van der Waals surface area contributed by atoms with Crippen LogP contribution in [-0.2, 0) is 0 Å². The first-order chi connectivity index (χ1) is 9.70. The first kappa shape index (κ1) is 14.7. The molecule has 0 fully saturated rings. The highest BCUT2D eigenvalue weighted by Crippen LogP contribution is 2.23. The van der Waals surface area contributed by atoms with E-state index in [1.54, 1.807) is 24.5 Å². The zero-order chi connectivity index (χ0) is 14.4. The summed E-state index contributed by atoms with van der Waals surface area (Å²) in [6.45, 7) is 2.06. The number of pyridine rings is 1. The number of halogens is 1. The number of nitrogens with zero attached hydrogens (tertiary/aromatic N) is 2. The third-order valence-electron chi connectivity index (χ3n) is 2.58. The summed E-state index contributed by atoms with van der Waals surface area (Å²) < 4.78 is 0.712. The van der Waals surface area contributed by atoms with Gasteiger partial charge in [-0.25, -0.2) is 5.43 Å². The van der Waals surface area contributed by atoms with Crippen molar-refractivity contribution in [2.75, 3.05) is 0 Å². The maximum Gasteiger partial charge on any atom is 0.271 e. The molecule has 2 rings (SSSR count). The fourth-order valence-electron chi connectivity index (χ4n) is 1.63. The van der Waals surface area contributed by atoms with E-state index in [0.717, 1.165) is 23.4 Å². The van der Waals surface area contributed by atoms with Crippen LogP contribution in [0.2, 0.25) is 4.34 Å². The first-order valence-corrected chi connectivity index (χ1v) is 7.42. The molecule has 0 unspecified atom stereocenters. The number of amides is 1. The number of carbonyl (C=O) groups excluding carboxylic acids is 1. The normalized spacial score (nSPS) is 11.4. The van der Waals surface area contributed by atoms with Gasteiger partial charge in [-0.3, -0.25) is 9.78 Å². The Hall–Kier alpha value is -1.72. The molecular formula is C14H14ClN3OS. The average molecular weight is 308 g/mol. The summed E-state index contributed by atoms with van der Waals surface area (Å²) in [7, 11) is 0. The lowest BCUT2D eigenvalue weighted by atomic mass is 10.2. The Morgan fingerprint density at radius 1 is 1.35 bits per heavy atom. The molecule has 0 saturated carbocycles. The van der Waals surface area contributed by atoms with Crippen molar-refractivity contribution in [3.8, 4) is 0 Å². The van der Waals surface area contributed by atoms with Crippen LogP contribution >= 0.6 is 22.9 Å². The van der Waals surface area contributed by atoms with Gasteiger partial charge in [-0.05, 0) is 30.7 Å². The number of hydrazone groups is 1. The van der Waals surface area contributed by atoms with Crippen LogP contribution in [0, 0.1) is 0 Å². The van der Waals surface area contributed by atoms with Gasteiger partial charge in [0.15, 0.2) is 0 Å². The fourth-order valence-corrected chi connectivity index (χ4v) is 2.69. The molecule has 0 aliphatic carbocycles. The highest BCUT2D eigenvalue weighted by Gasteiger charge is 2.08. The van der Waals surface area contributed by atoms with Crippen molar-refractivity contribution in [2.24, 2.45) is 5.10 Å². The van der Waals surface area contributed by atoms with Gasteiger partial charge in [-0.15, -0.1) is 11.3 Å². The number of hydrogen-bond acceptors (Lipinski definition) is 4.